The first-order chi connectivity index (χ1) is 11.4. The summed E-state index contributed by atoms with van der Waals surface area (Å²) in [7, 11) is 0. The number of carbonyl (C=O) groups is 2. The number of imide groups is 1. The number of hydrogen-bond donors (Lipinski definition) is 1. The van der Waals surface area contributed by atoms with Crippen molar-refractivity contribution in [2.45, 2.75) is 20.8 Å². The van der Waals surface area contributed by atoms with Crippen molar-refractivity contribution in [2.24, 2.45) is 5.10 Å². The lowest BCUT2D eigenvalue weighted by molar-refractivity contribution is -0.118. The Balaban J connectivity index is 1.97. The fourth-order valence-electron chi connectivity index (χ4n) is 2.42. The highest BCUT2D eigenvalue weighted by Gasteiger charge is 2.26. The number of carbonyl (C=O) groups excluding carboxylic acids is 2. The number of halogens is 1. The average Bonchev–Trinajstić information content (AvgIpc) is 2.99. The van der Waals surface area contributed by atoms with Crippen LogP contribution in [-0.2, 0) is 4.79 Å². The van der Waals surface area contributed by atoms with Gasteiger partial charge in [-0.25, -0.2) is 14.5 Å². The zero-order valence-electron chi connectivity index (χ0n) is 13.5. The Labute approximate surface area is 143 Å². The summed E-state index contributed by atoms with van der Waals surface area (Å²) in [4.78, 5) is 22.7. The smallest absolute Gasteiger partial charge is 0.275 e. The Bertz CT molecular complexity index is 872. The van der Waals surface area contributed by atoms with Gasteiger partial charge < -0.3 is 0 Å². The maximum Gasteiger partial charge on any atom is 0.344 e. The van der Waals surface area contributed by atoms with E-state index < -0.39 is 6.03 Å². The van der Waals surface area contributed by atoms with Gasteiger partial charge >= 0.3 is 6.03 Å². The molecule has 1 saturated heterocycles. The number of aromatic nitrogens is 2. The zero-order valence-corrected chi connectivity index (χ0v) is 14.3. The number of nitrogens with zero attached hydrogens (tertiary/aromatic N) is 4. The molecule has 1 aliphatic heterocycles. The van der Waals surface area contributed by atoms with E-state index in [-0.39, 0.29) is 12.5 Å². The molecule has 0 spiro atoms. The number of hydrogen-bond acceptors (Lipinski definition) is 4. The third-order valence-corrected chi connectivity index (χ3v) is 4.10. The summed E-state index contributed by atoms with van der Waals surface area (Å²) in [6, 6.07) is 5.48. The maximum absolute atomic E-state index is 11.5. The molecule has 0 bridgehead atoms. The van der Waals surface area contributed by atoms with Crippen molar-refractivity contribution in [3.63, 3.8) is 0 Å². The molecule has 0 aliphatic carbocycles. The van der Waals surface area contributed by atoms with Crippen LogP contribution in [0.1, 0.15) is 22.4 Å². The number of hydrazone groups is 1. The van der Waals surface area contributed by atoms with Crippen LogP contribution in [0.15, 0.2) is 23.3 Å². The van der Waals surface area contributed by atoms with Crippen molar-refractivity contribution in [1.29, 1.82) is 0 Å². The molecule has 3 rings (SSSR count). The number of rotatable bonds is 3. The molecule has 0 unspecified atom stereocenters. The highest BCUT2D eigenvalue weighted by molar-refractivity contribution is 6.32. The molecule has 1 aliphatic rings. The van der Waals surface area contributed by atoms with Gasteiger partial charge in [0.05, 0.1) is 23.2 Å². The monoisotopic (exact) mass is 345 g/mol. The molecule has 1 aromatic carbocycles. The van der Waals surface area contributed by atoms with Gasteiger partial charge in [0.15, 0.2) is 0 Å². The zero-order chi connectivity index (χ0) is 17.4. The van der Waals surface area contributed by atoms with E-state index in [1.807, 2.05) is 39.0 Å². The van der Waals surface area contributed by atoms with E-state index in [0.717, 1.165) is 21.8 Å². The number of nitrogens with one attached hydrogen (secondary N) is 1. The third kappa shape index (κ3) is 2.90. The van der Waals surface area contributed by atoms with Crippen molar-refractivity contribution in [3.8, 4) is 5.69 Å². The van der Waals surface area contributed by atoms with E-state index in [9.17, 15) is 9.59 Å². The van der Waals surface area contributed by atoms with E-state index in [4.69, 9.17) is 11.6 Å². The lowest BCUT2D eigenvalue weighted by Gasteiger charge is -2.08. The topological polar surface area (TPSA) is 79.6 Å². The Morgan fingerprint density at radius 2 is 2.04 bits per heavy atom. The lowest BCUT2D eigenvalue weighted by atomic mass is 10.1. The van der Waals surface area contributed by atoms with Gasteiger partial charge in [-0.2, -0.15) is 10.2 Å². The molecule has 1 N–H and O–H groups in total. The minimum Gasteiger partial charge on any atom is -0.275 e. The van der Waals surface area contributed by atoms with Crippen molar-refractivity contribution in [1.82, 2.24) is 20.1 Å². The van der Waals surface area contributed by atoms with Crippen LogP contribution in [-0.4, -0.2) is 39.5 Å². The van der Waals surface area contributed by atoms with E-state index >= 15 is 0 Å². The second-order valence-corrected chi connectivity index (χ2v) is 6.01. The summed E-state index contributed by atoms with van der Waals surface area (Å²) < 4.78 is 1.65. The van der Waals surface area contributed by atoms with E-state index in [1.165, 1.54) is 6.21 Å². The predicted octanol–water partition coefficient (Wildman–Crippen LogP) is 2.34. The van der Waals surface area contributed by atoms with Crippen molar-refractivity contribution in [3.05, 3.63) is 45.7 Å². The van der Waals surface area contributed by atoms with Crippen LogP contribution in [0.4, 0.5) is 4.79 Å². The van der Waals surface area contributed by atoms with Crippen LogP contribution < -0.4 is 5.32 Å². The first-order valence-electron chi connectivity index (χ1n) is 7.35. The number of benzene rings is 1. The molecular formula is C16H16ClN5O2. The SMILES string of the molecule is Cc1ccc(C)c(-n2nc(C)c(/C=N/N3CC(=O)NC3=O)c2Cl)c1. The molecule has 3 amide bonds. The van der Waals surface area contributed by atoms with Gasteiger partial charge in [-0.15, -0.1) is 0 Å². The summed E-state index contributed by atoms with van der Waals surface area (Å²) in [5, 5.41) is 12.1. The first-order valence-corrected chi connectivity index (χ1v) is 7.72. The third-order valence-electron chi connectivity index (χ3n) is 3.74. The van der Waals surface area contributed by atoms with Crippen LogP contribution in [0.2, 0.25) is 5.15 Å². The molecule has 2 aromatic rings. The molecule has 124 valence electrons. The average molecular weight is 346 g/mol. The first kappa shape index (κ1) is 16.2. The van der Waals surface area contributed by atoms with Crippen LogP contribution in [0.25, 0.3) is 5.69 Å². The largest absolute Gasteiger partial charge is 0.344 e. The van der Waals surface area contributed by atoms with E-state index in [1.54, 1.807) is 4.68 Å². The molecule has 24 heavy (non-hydrogen) atoms. The van der Waals surface area contributed by atoms with Gasteiger partial charge in [-0.1, -0.05) is 23.7 Å². The Hall–Kier alpha value is -2.67. The van der Waals surface area contributed by atoms with Gasteiger partial charge in [0.2, 0.25) is 5.91 Å². The lowest BCUT2D eigenvalue weighted by Crippen LogP contribution is -2.24. The van der Waals surface area contributed by atoms with E-state index in [2.05, 4.69) is 15.5 Å². The van der Waals surface area contributed by atoms with Crippen LogP contribution in [0.3, 0.4) is 0 Å². The molecule has 1 fully saturated rings. The van der Waals surface area contributed by atoms with Gasteiger partial charge in [-0.05, 0) is 38.0 Å². The van der Waals surface area contributed by atoms with Gasteiger partial charge in [-0.3, -0.25) is 10.1 Å². The highest BCUT2D eigenvalue weighted by Crippen LogP contribution is 2.25. The van der Waals surface area contributed by atoms with Crippen molar-refractivity contribution >= 4 is 29.8 Å². The molecular weight excluding hydrogens is 330 g/mol. The van der Waals surface area contributed by atoms with Crippen LogP contribution >= 0.6 is 11.6 Å². The fraction of sp³-hybridized carbons (Fsp3) is 0.250. The predicted molar refractivity (Wildman–Crippen MR) is 90.6 cm³/mol. The standard InChI is InChI=1S/C16H16ClN5O2/c1-9-4-5-10(2)13(6-9)22-15(17)12(11(3)20-22)7-18-21-8-14(23)19-16(21)24/h4-7H,8H2,1-3H3,(H,19,23,24)/b18-7+. The summed E-state index contributed by atoms with van der Waals surface area (Å²) in [5.41, 5.74) is 4.30. The number of aryl methyl sites for hydroxylation is 3. The second-order valence-electron chi connectivity index (χ2n) is 5.65. The summed E-state index contributed by atoms with van der Waals surface area (Å²) in [5.74, 6) is -0.383. The normalized spacial score (nSPS) is 14.8. The molecule has 2 heterocycles. The number of urea groups is 1. The molecule has 1 aromatic heterocycles. The molecule has 8 heteroatoms. The minimum atomic E-state index is -0.549. The van der Waals surface area contributed by atoms with Crippen molar-refractivity contribution in [2.75, 3.05) is 6.54 Å². The van der Waals surface area contributed by atoms with E-state index in [0.29, 0.717) is 16.4 Å². The Morgan fingerprint density at radius 1 is 1.29 bits per heavy atom. The van der Waals surface area contributed by atoms with Crippen molar-refractivity contribution < 1.29 is 9.59 Å². The van der Waals surface area contributed by atoms with Gasteiger partial charge in [0.1, 0.15) is 11.7 Å². The second kappa shape index (κ2) is 6.09. The van der Waals surface area contributed by atoms with Crippen LogP contribution in [0, 0.1) is 20.8 Å². The maximum atomic E-state index is 11.5. The molecule has 0 radical (unpaired) electrons. The number of amides is 3. The summed E-state index contributed by atoms with van der Waals surface area (Å²) >= 11 is 6.46. The molecule has 0 atom stereocenters. The van der Waals surface area contributed by atoms with Gasteiger partial charge in [0, 0.05) is 0 Å². The Kier molecular flexibility index (Phi) is 4.11. The quantitative estimate of drug-likeness (QED) is 0.685. The van der Waals surface area contributed by atoms with Gasteiger partial charge in [0.25, 0.3) is 0 Å². The highest BCUT2D eigenvalue weighted by atomic mass is 35.5. The Morgan fingerprint density at radius 3 is 2.71 bits per heavy atom. The molecule has 7 nitrogen and oxygen atoms in total. The van der Waals surface area contributed by atoms with Crippen LogP contribution in [0.5, 0.6) is 0 Å². The molecule has 0 saturated carbocycles. The summed E-state index contributed by atoms with van der Waals surface area (Å²) in [6.45, 7) is 5.69. The minimum absolute atomic E-state index is 0.100. The summed E-state index contributed by atoms with van der Waals surface area (Å²) in [6.07, 6.45) is 1.45. The fourth-order valence-corrected chi connectivity index (χ4v) is 2.73.